The molecule has 0 bridgehead atoms. The van der Waals surface area contributed by atoms with Crippen LogP contribution in [0.5, 0.6) is 0 Å². The van der Waals surface area contributed by atoms with Crippen molar-refractivity contribution >= 4 is 0 Å². The molecule has 1 aromatic carbocycles. The number of fused-ring (bicyclic) bond motifs is 1. The zero-order valence-electron chi connectivity index (χ0n) is 6.99. The van der Waals surface area contributed by atoms with Crippen molar-refractivity contribution in [3.63, 3.8) is 0 Å². The number of benzene rings is 1. The topological polar surface area (TPSA) is 35.2 Å². The summed E-state index contributed by atoms with van der Waals surface area (Å²) in [4.78, 5) is 0. The normalized spacial score (nSPS) is 16.4. The van der Waals surface area contributed by atoms with Crippen LogP contribution < -0.4 is 5.73 Å². The van der Waals surface area contributed by atoms with E-state index in [-0.39, 0.29) is 0 Å². The van der Waals surface area contributed by atoms with Crippen molar-refractivity contribution in [2.45, 2.75) is 18.9 Å². The first-order valence-electron chi connectivity index (χ1n) is 4.28. The molecule has 1 aliphatic carbocycles. The number of ether oxygens (including phenoxy) is 1. The molecule has 12 heavy (non-hydrogen) atoms. The average molecular weight is 163 g/mol. The Bertz CT molecular complexity index is 247. The highest BCUT2D eigenvalue weighted by Gasteiger charge is 2.20. The first-order chi connectivity index (χ1) is 5.90. The summed E-state index contributed by atoms with van der Waals surface area (Å²) in [6, 6.07) is 8.47. The van der Waals surface area contributed by atoms with Gasteiger partial charge >= 0.3 is 0 Å². The number of rotatable bonds is 2. The van der Waals surface area contributed by atoms with Gasteiger partial charge in [0.1, 0.15) is 0 Å². The van der Waals surface area contributed by atoms with Crippen LogP contribution in [-0.4, -0.2) is 12.8 Å². The van der Waals surface area contributed by atoms with Crippen molar-refractivity contribution in [1.29, 1.82) is 0 Å². The highest BCUT2D eigenvalue weighted by atomic mass is 16.5. The van der Waals surface area contributed by atoms with Gasteiger partial charge in [0.05, 0.1) is 12.8 Å². The Morgan fingerprint density at radius 3 is 2.33 bits per heavy atom. The maximum absolute atomic E-state index is 5.36. The quantitative estimate of drug-likeness (QED) is 0.662. The van der Waals surface area contributed by atoms with Gasteiger partial charge < -0.3 is 10.5 Å². The highest BCUT2D eigenvalue weighted by molar-refractivity contribution is 5.32. The van der Waals surface area contributed by atoms with Crippen molar-refractivity contribution in [2.75, 3.05) is 6.73 Å². The van der Waals surface area contributed by atoms with Crippen LogP contribution in [0.3, 0.4) is 0 Å². The van der Waals surface area contributed by atoms with Gasteiger partial charge in [-0.3, -0.25) is 0 Å². The summed E-state index contributed by atoms with van der Waals surface area (Å²) in [5.74, 6) is 0. The fourth-order valence-electron chi connectivity index (χ4n) is 1.77. The Hall–Kier alpha value is -0.860. The lowest BCUT2D eigenvalue weighted by atomic mass is 10.1. The van der Waals surface area contributed by atoms with Crippen LogP contribution in [0.15, 0.2) is 24.3 Å². The second-order valence-corrected chi connectivity index (χ2v) is 3.13. The maximum atomic E-state index is 5.36. The van der Waals surface area contributed by atoms with E-state index >= 15 is 0 Å². The number of hydrogen-bond donors (Lipinski definition) is 1. The molecule has 0 fully saturated rings. The summed E-state index contributed by atoms with van der Waals surface area (Å²) in [7, 11) is 0. The lowest BCUT2D eigenvalue weighted by Gasteiger charge is -2.07. The van der Waals surface area contributed by atoms with Gasteiger partial charge in [-0.2, -0.15) is 0 Å². The van der Waals surface area contributed by atoms with Crippen LogP contribution in [0, 0.1) is 0 Å². The van der Waals surface area contributed by atoms with Gasteiger partial charge in [-0.05, 0) is 24.0 Å². The minimum atomic E-state index is 0.312. The van der Waals surface area contributed by atoms with E-state index in [0.29, 0.717) is 12.8 Å². The van der Waals surface area contributed by atoms with E-state index in [2.05, 4.69) is 24.3 Å². The second kappa shape index (κ2) is 3.25. The molecular formula is C10H13NO. The molecule has 0 saturated heterocycles. The smallest absolute Gasteiger partial charge is 0.0944 e. The molecule has 0 radical (unpaired) electrons. The fourth-order valence-corrected chi connectivity index (χ4v) is 1.77. The van der Waals surface area contributed by atoms with Crippen molar-refractivity contribution in [1.82, 2.24) is 0 Å². The van der Waals surface area contributed by atoms with Crippen molar-refractivity contribution < 1.29 is 4.74 Å². The Morgan fingerprint density at radius 2 is 1.83 bits per heavy atom. The molecule has 2 nitrogen and oxygen atoms in total. The number of nitrogens with two attached hydrogens (primary N) is 1. The van der Waals surface area contributed by atoms with Gasteiger partial charge in [0.25, 0.3) is 0 Å². The molecular weight excluding hydrogens is 150 g/mol. The van der Waals surface area contributed by atoms with E-state index in [0.717, 1.165) is 12.8 Å². The SMILES string of the molecule is NCOC1Cc2ccccc2C1. The Labute approximate surface area is 72.3 Å². The fraction of sp³-hybridized carbons (Fsp3) is 0.400. The predicted octanol–water partition coefficient (Wildman–Crippen LogP) is 1.09. The lowest BCUT2D eigenvalue weighted by Crippen LogP contribution is -2.17. The van der Waals surface area contributed by atoms with Crippen LogP contribution in [0.2, 0.25) is 0 Å². The summed E-state index contributed by atoms with van der Waals surface area (Å²) in [6.45, 7) is 0.332. The third kappa shape index (κ3) is 1.36. The van der Waals surface area contributed by atoms with Gasteiger partial charge in [-0.25, -0.2) is 0 Å². The summed E-state index contributed by atoms with van der Waals surface area (Å²) in [5.41, 5.74) is 8.15. The highest BCUT2D eigenvalue weighted by Crippen LogP contribution is 2.23. The van der Waals surface area contributed by atoms with Gasteiger partial charge in [-0.15, -0.1) is 0 Å². The van der Waals surface area contributed by atoms with Crippen molar-refractivity contribution in [2.24, 2.45) is 5.73 Å². The molecule has 2 heteroatoms. The second-order valence-electron chi connectivity index (χ2n) is 3.13. The van der Waals surface area contributed by atoms with E-state index in [1.165, 1.54) is 11.1 Å². The summed E-state index contributed by atoms with van der Waals surface area (Å²) < 4.78 is 5.36. The summed E-state index contributed by atoms with van der Waals surface area (Å²) in [5, 5.41) is 0. The van der Waals surface area contributed by atoms with Crippen molar-refractivity contribution in [3.05, 3.63) is 35.4 Å². The zero-order valence-corrected chi connectivity index (χ0v) is 6.99. The minimum Gasteiger partial charge on any atom is -0.363 e. The van der Waals surface area contributed by atoms with E-state index in [9.17, 15) is 0 Å². The molecule has 0 amide bonds. The van der Waals surface area contributed by atoms with Gasteiger partial charge in [0, 0.05) is 0 Å². The van der Waals surface area contributed by atoms with E-state index in [4.69, 9.17) is 10.5 Å². The summed E-state index contributed by atoms with van der Waals surface area (Å²) >= 11 is 0. The lowest BCUT2D eigenvalue weighted by molar-refractivity contribution is 0.0657. The average Bonchev–Trinajstić information content (AvgIpc) is 2.47. The molecule has 0 atom stereocenters. The van der Waals surface area contributed by atoms with Crippen LogP contribution >= 0.6 is 0 Å². The van der Waals surface area contributed by atoms with E-state index < -0.39 is 0 Å². The van der Waals surface area contributed by atoms with Crippen LogP contribution in [0.25, 0.3) is 0 Å². The molecule has 64 valence electrons. The predicted molar refractivity (Wildman–Crippen MR) is 47.8 cm³/mol. The molecule has 0 saturated carbocycles. The molecule has 0 aliphatic heterocycles. The Kier molecular flexibility index (Phi) is 2.11. The molecule has 1 aliphatic rings. The van der Waals surface area contributed by atoms with E-state index in [1.54, 1.807) is 0 Å². The molecule has 0 heterocycles. The monoisotopic (exact) mass is 163 g/mol. The summed E-state index contributed by atoms with van der Waals surface area (Å²) in [6.07, 6.45) is 2.35. The Balaban J connectivity index is 2.11. The van der Waals surface area contributed by atoms with Crippen LogP contribution in [0.4, 0.5) is 0 Å². The minimum absolute atomic E-state index is 0.312. The molecule has 2 N–H and O–H groups in total. The third-order valence-electron chi connectivity index (χ3n) is 2.35. The Morgan fingerprint density at radius 1 is 1.25 bits per heavy atom. The van der Waals surface area contributed by atoms with Crippen molar-refractivity contribution in [3.8, 4) is 0 Å². The molecule has 0 aromatic heterocycles. The van der Waals surface area contributed by atoms with Gasteiger partial charge in [-0.1, -0.05) is 24.3 Å². The third-order valence-corrected chi connectivity index (χ3v) is 2.35. The maximum Gasteiger partial charge on any atom is 0.0944 e. The molecule has 2 rings (SSSR count). The first kappa shape index (κ1) is 7.77. The van der Waals surface area contributed by atoms with Gasteiger partial charge in [0.15, 0.2) is 0 Å². The standard InChI is InChI=1S/C10H13NO/c11-7-12-10-5-8-3-1-2-4-9(8)6-10/h1-4,10H,5-7,11H2. The largest absolute Gasteiger partial charge is 0.363 e. The molecule has 1 aromatic rings. The first-order valence-corrected chi connectivity index (χ1v) is 4.28. The van der Waals surface area contributed by atoms with Crippen LogP contribution in [0.1, 0.15) is 11.1 Å². The van der Waals surface area contributed by atoms with E-state index in [1.807, 2.05) is 0 Å². The van der Waals surface area contributed by atoms with Gasteiger partial charge in [0.2, 0.25) is 0 Å². The number of hydrogen-bond acceptors (Lipinski definition) is 2. The van der Waals surface area contributed by atoms with Crippen LogP contribution in [-0.2, 0) is 17.6 Å². The zero-order chi connectivity index (χ0) is 8.39. The molecule has 0 spiro atoms. The molecule has 0 unspecified atom stereocenters.